The van der Waals surface area contributed by atoms with Crippen LogP contribution >= 0.6 is 23.6 Å². The van der Waals surface area contributed by atoms with Gasteiger partial charge in [0.25, 0.3) is 5.91 Å². The van der Waals surface area contributed by atoms with Crippen molar-refractivity contribution < 1.29 is 9.18 Å². The summed E-state index contributed by atoms with van der Waals surface area (Å²) in [4.78, 5) is 15.6. The van der Waals surface area contributed by atoms with Gasteiger partial charge in [-0.05, 0) is 36.4 Å². The molecule has 0 bridgehead atoms. The highest BCUT2D eigenvalue weighted by molar-refractivity contribution is 7.80. The average molecular weight is 322 g/mol. The van der Waals surface area contributed by atoms with Crippen LogP contribution in [0.4, 0.5) is 4.39 Å². The summed E-state index contributed by atoms with van der Waals surface area (Å²) in [5.41, 5.74) is 5.53. The van der Waals surface area contributed by atoms with Crippen LogP contribution in [0.25, 0.3) is 10.1 Å². The zero-order valence-corrected chi connectivity index (χ0v) is 13.0. The van der Waals surface area contributed by atoms with Crippen LogP contribution in [-0.4, -0.2) is 28.4 Å². The summed E-state index contributed by atoms with van der Waals surface area (Å²) < 4.78 is 14.0. The first-order chi connectivity index (χ1) is 10.0. The van der Waals surface area contributed by atoms with Crippen molar-refractivity contribution in [2.75, 3.05) is 6.54 Å². The summed E-state index contributed by atoms with van der Waals surface area (Å²) in [6, 6.07) is 6.71. The molecule has 1 aromatic heterocycles. The SMILES string of the molecule is NC(=S)CCN(C(=O)c1cc2ccc(F)cc2s1)C1CC1. The van der Waals surface area contributed by atoms with E-state index in [4.69, 9.17) is 18.0 Å². The number of carbonyl (C=O) groups is 1. The Balaban J connectivity index is 1.84. The molecule has 1 saturated carbocycles. The van der Waals surface area contributed by atoms with Crippen molar-refractivity contribution in [3.05, 3.63) is 35.0 Å². The molecule has 6 heteroatoms. The van der Waals surface area contributed by atoms with E-state index in [9.17, 15) is 9.18 Å². The second-order valence-corrected chi connectivity index (χ2v) is 6.85. The molecule has 2 N–H and O–H groups in total. The lowest BCUT2D eigenvalue weighted by Crippen LogP contribution is -2.35. The molecule has 1 amide bonds. The molecule has 110 valence electrons. The van der Waals surface area contributed by atoms with Gasteiger partial charge in [0, 0.05) is 23.7 Å². The Kier molecular flexibility index (Phi) is 3.91. The van der Waals surface area contributed by atoms with E-state index in [2.05, 4.69) is 0 Å². The first-order valence-corrected chi connectivity index (χ1v) is 8.05. The normalized spacial score (nSPS) is 14.3. The van der Waals surface area contributed by atoms with E-state index in [1.54, 1.807) is 6.07 Å². The molecule has 1 fully saturated rings. The Labute approximate surface area is 131 Å². The Hall–Kier alpha value is -1.53. The lowest BCUT2D eigenvalue weighted by atomic mass is 10.2. The van der Waals surface area contributed by atoms with Gasteiger partial charge >= 0.3 is 0 Å². The molecule has 1 aliphatic carbocycles. The van der Waals surface area contributed by atoms with Crippen LogP contribution in [0.5, 0.6) is 0 Å². The van der Waals surface area contributed by atoms with Crippen LogP contribution < -0.4 is 5.73 Å². The molecule has 0 radical (unpaired) electrons. The van der Waals surface area contributed by atoms with Gasteiger partial charge in [0.05, 0.1) is 9.87 Å². The molecule has 21 heavy (non-hydrogen) atoms. The third kappa shape index (κ3) is 3.22. The van der Waals surface area contributed by atoms with Crippen LogP contribution in [0.1, 0.15) is 28.9 Å². The molecule has 0 aliphatic heterocycles. The summed E-state index contributed by atoms with van der Waals surface area (Å²) in [6.07, 6.45) is 2.60. The fraction of sp³-hybridized carbons (Fsp3) is 0.333. The maximum absolute atomic E-state index is 13.2. The maximum atomic E-state index is 13.2. The average Bonchev–Trinajstić information content (AvgIpc) is 3.17. The van der Waals surface area contributed by atoms with E-state index in [1.807, 2.05) is 11.0 Å². The molecule has 0 spiro atoms. The van der Waals surface area contributed by atoms with Crippen LogP contribution in [0.3, 0.4) is 0 Å². The Morgan fingerprint density at radius 3 is 2.86 bits per heavy atom. The molecule has 3 rings (SSSR count). The van der Waals surface area contributed by atoms with Crippen LogP contribution in [-0.2, 0) is 0 Å². The standard InChI is InChI=1S/C15H15FN2OS2/c16-10-2-1-9-7-13(21-12(9)8-10)15(19)18(11-3-4-11)6-5-14(17)20/h1-2,7-8,11H,3-6H2,(H2,17,20). The molecule has 2 aromatic rings. The Bertz CT molecular complexity index is 709. The summed E-state index contributed by atoms with van der Waals surface area (Å²) in [7, 11) is 0. The molecule has 0 atom stereocenters. The first-order valence-electron chi connectivity index (χ1n) is 6.83. The quantitative estimate of drug-likeness (QED) is 0.859. The predicted octanol–water partition coefficient (Wildman–Crippen LogP) is 3.32. The molecular formula is C15H15FN2OS2. The Morgan fingerprint density at radius 1 is 1.43 bits per heavy atom. The van der Waals surface area contributed by atoms with Crippen LogP contribution in [0.15, 0.2) is 24.3 Å². The number of thiocarbonyl (C=S) groups is 1. The highest BCUT2D eigenvalue weighted by Gasteiger charge is 2.33. The largest absolute Gasteiger partial charge is 0.393 e. The minimum absolute atomic E-state index is 0.00430. The maximum Gasteiger partial charge on any atom is 0.264 e. The second kappa shape index (κ2) is 5.69. The second-order valence-electron chi connectivity index (χ2n) is 5.24. The summed E-state index contributed by atoms with van der Waals surface area (Å²) in [5, 5.41) is 0.898. The third-order valence-electron chi connectivity index (χ3n) is 3.54. The van der Waals surface area contributed by atoms with E-state index in [-0.39, 0.29) is 11.7 Å². The van der Waals surface area contributed by atoms with Crippen LogP contribution in [0, 0.1) is 5.82 Å². The number of hydrogen-bond acceptors (Lipinski definition) is 3. The molecule has 1 aromatic carbocycles. The van der Waals surface area contributed by atoms with Gasteiger partial charge in [-0.2, -0.15) is 0 Å². The topological polar surface area (TPSA) is 46.3 Å². The fourth-order valence-corrected chi connectivity index (χ4v) is 3.45. The van der Waals surface area contributed by atoms with E-state index >= 15 is 0 Å². The number of carbonyl (C=O) groups excluding carboxylic acids is 1. The van der Waals surface area contributed by atoms with Crippen molar-refractivity contribution in [1.82, 2.24) is 4.90 Å². The molecular weight excluding hydrogens is 307 g/mol. The predicted molar refractivity (Wildman–Crippen MR) is 87.2 cm³/mol. The molecule has 1 aliphatic rings. The van der Waals surface area contributed by atoms with Gasteiger partial charge in [0.1, 0.15) is 5.82 Å². The van der Waals surface area contributed by atoms with E-state index in [0.29, 0.717) is 28.9 Å². The Morgan fingerprint density at radius 2 is 2.19 bits per heavy atom. The van der Waals surface area contributed by atoms with Gasteiger partial charge in [0.2, 0.25) is 0 Å². The highest BCUT2D eigenvalue weighted by Crippen LogP contribution is 2.32. The number of thiophene rings is 1. The minimum atomic E-state index is -0.282. The number of nitrogens with two attached hydrogens (primary N) is 1. The number of fused-ring (bicyclic) bond motifs is 1. The lowest BCUT2D eigenvalue weighted by molar-refractivity contribution is 0.0753. The van der Waals surface area contributed by atoms with Gasteiger partial charge in [-0.25, -0.2) is 4.39 Å². The number of halogens is 1. The molecule has 1 heterocycles. The van der Waals surface area contributed by atoms with Gasteiger partial charge in [0.15, 0.2) is 0 Å². The zero-order valence-electron chi connectivity index (χ0n) is 11.3. The van der Waals surface area contributed by atoms with Crippen molar-refractivity contribution in [2.24, 2.45) is 5.73 Å². The molecule has 0 unspecified atom stereocenters. The number of rotatable bonds is 5. The van der Waals surface area contributed by atoms with E-state index in [1.165, 1.54) is 23.5 Å². The van der Waals surface area contributed by atoms with Crippen LogP contribution in [0.2, 0.25) is 0 Å². The van der Waals surface area contributed by atoms with Crippen molar-refractivity contribution in [3.8, 4) is 0 Å². The number of amides is 1. The minimum Gasteiger partial charge on any atom is -0.393 e. The van der Waals surface area contributed by atoms with Crippen molar-refractivity contribution in [2.45, 2.75) is 25.3 Å². The number of benzene rings is 1. The highest BCUT2D eigenvalue weighted by atomic mass is 32.1. The summed E-state index contributed by atoms with van der Waals surface area (Å²) >= 11 is 6.22. The van der Waals surface area contributed by atoms with Crippen molar-refractivity contribution >= 4 is 44.5 Å². The van der Waals surface area contributed by atoms with E-state index in [0.717, 1.165) is 22.9 Å². The van der Waals surface area contributed by atoms with Gasteiger partial charge in [-0.3, -0.25) is 4.79 Å². The molecule has 0 saturated heterocycles. The smallest absolute Gasteiger partial charge is 0.264 e. The fourth-order valence-electron chi connectivity index (χ4n) is 2.32. The van der Waals surface area contributed by atoms with Crippen molar-refractivity contribution in [1.29, 1.82) is 0 Å². The first kappa shape index (κ1) is 14.4. The third-order valence-corrected chi connectivity index (χ3v) is 4.83. The summed E-state index contributed by atoms with van der Waals surface area (Å²) in [6.45, 7) is 0.557. The summed E-state index contributed by atoms with van der Waals surface area (Å²) in [5.74, 6) is -0.286. The lowest BCUT2D eigenvalue weighted by Gasteiger charge is -2.21. The molecule has 3 nitrogen and oxygen atoms in total. The zero-order chi connectivity index (χ0) is 15.0. The van der Waals surface area contributed by atoms with Gasteiger partial charge in [-0.1, -0.05) is 18.3 Å². The number of hydrogen-bond donors (Lipinski definition) is 1. The number of nitrogens with zero attached hydrogens (tertiary/aromatic N) is 1. The van der Waals surface area contributed by atoms with Gasteiger partial charge in [-0.15, -0.1) is 11.3 Å². The van der Waals surface area contributed by atoms with Gasteiger partial charge < -0.3 is 10.6 Å². The monoisotopic (exact) mass is 322 g/mol. The van der Waals surface area contributed by atoms with E-state index < -0.39 is 0 Å². The van der Waals surface area contributed by atoms with Crippen molar-refractivity contribution in [3.63, 3.8) is 0 Å².